The lowest BCUT2D eigenvalue weighted by atomic mass is 10.0. The second kappa shape index (κ2) is 8.67. The molecule has 1 saturated heterocycles. The van der Waals surface area contributed by atoms with E-state index < -0.39 is 0 Å². The number of carbonyl (C=O) groups excluding carboxylic acids is 1. The Morgan fingerprint density at radius 1 is 1.29 bits per heavy atom. The van der Waals surface area contributed by atoms with Crippen LogP contribution >= 0.6 is 0 Å². The fourth-order valence-corrected chi connectivity index (χ4v) is 2.79. The Morgan fingerprint density at radius 3 is 2.67 bits per heavy atom. The minimum absolute atomic E-state index is 0.222. The van der Waals surface area contributed by atoms with Crippen LogP contribution in [0.4, 0.5) is 0 Å². The summed E-state index contributed by atoms with van der Waals surface area (Å²) in [6, 6.07) is 10.1. The van der Waals surface area contributed by atoms with Crippen molar-refractivity contribution in [3.8, 4) is 5.75 Å². The lowest BCUT2D eigenvalue weighted by Crippen LogP contribution is -2.46. The average Bonchev–Trinajstić information content (AvgIpc) is 2.54. The molecule has 0 unspecified atom stereocenters. The second-order valence-electron chi connectivity index (χ2n) is 5.48. The first-order valence-corrected chi connectivity index (χ1v) is 7.99. The molecule has 1 amide bonds. The number of nitrogens with one attached hydrogen (secondary N) is 1. The smallest absolute Gasteiger partial charge is 0.226 e. The Morgan fingerprint density at radius 2 is 2.00 bits per heavy atom. The van der Waals surface area contributed by atoms with E-state index in [0.29, 0.717) is 19.1 Å². The normalized spacial score (nSPS) is 15.7. The van der Waals surface area contributed by atoms with Crippen LogP contribution in [0.3, 0.4) is 0 Å². The van der Waals surface area contributed by atoms with Crippen molar-refractivity contribution in [3.63, 3.8) is 0 Å². The Balaban J connectivity index is 1.80. The van der Waals surface area contributed by atoms with E-state index in [1.54, 1.807) is 0 Å². The topological polar surface area (TPSA) is 41.6 Å². The number of amides is 1. The molecule has 2 rings (SSSR count). The first-order valence-electron chi connectivity index (χ1n) is 7.99. The van der Waals surface area contributed by atoms with Crippen LogP contribution in [0.15, 0.2) is 30.3 Å². The highest BCUT2D eigenvalue weighted by Crippen LogP contribution is 2.14. The van der Waals surface area contributed by atoms with Crippen LogP contribution in [0, 0.1) is 0 Å². The Bertz CT molecular complexity index is 416. The van der Waals surface area contributed by atoms with E-state index in [2.05, 4.69) is 17.1 Å². The summed E-state index contributed by atoms with van der Waals surface area (Å²) in [5.41, 5.74) is 0. The third-order valence-corrected chi connectivity index (χ3v) is 3.86. The molecule has 1 aromatic rings. The second-order valence-corrected chi connectivity index (χ2v) is 5.48. The van der Waals surface area contributed by atoms with Crippen molar-refractivity contribution in [3.05, 3.63) is 30.3 Å². The predicted octanol–water partition coefficient (Wildman–Crippen LogP) is 2.45. The van der Waals surface area contributed by atoms with Crippen LogP contribution in [0.25, 0.3) is 0 Å². The van der Waals surface area contributed by atoms with Crippen LogP contribution in [0.1, 0.15) is 32.6 Å². The highest BCUT2D eigenvalue weighted by Gasteiger charge is 2.24. The molecule has 0 radical (unpaired) electrons. The van der Waals surface area contributed by atoms with Crippen molar-refractivity contribution in [1.29, 1.82) is 0 Å². The Labute approximate surface area is 127 Å². The van der Waals surface area contributed by atoms with Crippen molar-refractivity contribution < 1.29 is 9.53 Å². The van der Waals surface area contributed by atoms with E-state index in [4.69, 9.17) is 4.74 Å². The zero-order valence-electron chi connectivity index (χ0n) is 12.9. The lowest BCUT2D eigenvalue weighted by Gasteiger charge is -2.34. The number of piperidine rings is 1. The first kappa shape index (κ1) is 15.8. The molecule has 0 saturated carbocycles. The van der Waals surface area contributed by atoms with E-state index in [9.17, 15) is 4.79 Å². The van der Waals surface area contributed by atoms with Crippen LogP contribution in [0.5, 0.6) is 5.75 Å². The molecule has 1 aliphatic rings. The molecule has 0 bridgehead atoms. The molecule has 1 aliphatic heterocycles. The number of para-hydroxylation sites is 1. The van der Waals surface area contributed by atoms with Crippen LogP contribution in [-0.4, -0.2) is 43.1 Å². The van der Waals surface area contributed by atoms with Crippen molar-refractivity contribution >= 4 is 5.91 Å². The molecule has 1 aromatic carbocycles. The molecule has 4 nitrogen and oxygen atoms in total. The maximum absolute atomic E-state index is 12.4. The van der Waals surface area contributed by atoms with E-state index >= 15 is 0 Å². The van der Waals surface area contributed by atoms with Gasteiger partial charge in [-0.15, -0.1) is 0 Å². The van der Waals surface area contributed by atoms with Gasteiger partial charge in [0.2, 0.25) is 5.91 Å². The molecule has 116 valence electrons. The van der Waals surface area contributed by atoms with Gasteiger partial charge in [-0.2, -0.15) is 0 Å². The number of nitrogens with zero attached hydrogens (tertiary/aromatic N) is 1. The summed E-state index contributed by atoms with van der Waals surface area (Å²) in [5, 5.41) is 3.35. The summed E-state index contributed by atoms with van der Waals surface area (Å²) in [7, 11) is 0. The zero-order valence-corrected chi connectivity index (χ0v) is 12.9. The van der Waals surface area contributed by atoms with E-state index in [-0.39, 0.29) is 5.91 Å². The Kier molecular flexibility index (Phi) is 6.54. The van der Waals surface area contributed by atoms with Gasteiger partial charge in [0, 0.05) is 12.6 Å². The third-order valence-electron chi connectivity index (χ3n) is 3.86. The van der Waals surface area contributed by atoms with Crippen molar-refractivity contribution in [2.45, 2.75) is 38.6 Å². The molecule has 0 aliphatic carbocycles. The fraction of sp³-hybridized carbons (Fsp3) is 0.588. The largest absolute Gasteiger partial charge is 0.493 e. The maximum Gasteiger partial charge on any atom is 0.226 e. The van der Waals surface area contributed by atoms with Gasteiger partial charge < -0.3 is 15.0 Å². The molecule has 0 atom stereocenters. The number of hydrogen-bond acceptors (Lipinski definition) is 3. The summed E-state index contributed by atoms with van der Waals surface area (Å²) in [6.07, 6.45) is 3.59. The van der Waals surface area contributed by atoms with Gasteiger partial charge in [-0.05, 0) is 44.5 Å². The summed E-state index contributed by atoms with van der Waals surface area (Å²) in [5.74, 6) is 1.05. The van der Waals surface area contributed by atoms with Crippen molar-refractivity contribution in [1.82, 2.24) is 10.2 Å². The predicted molar refractivity (Wildman–Crippen MR) is 84.4 cm³/mol. The highest BCUT2D eigenvalue weighted by atomic mass is 16.5. The van der Waals surface area contributed by atoms with Crippen LogP contribution in [-0.2, 0) is 4.79 Å². The van der Waals surface area contributed by atoms with Crippen molar-refractivity contribution in [2.24, 2.45) is 0 Å². The van der Waals surface area contributed by atoms with Gasteiger partial charge in [-0.25, -0.2) is 0 Å². The molecule has 0 spiro atoms. The lowest BCUT2D eigenvalue weighted by molar-refractivity contribution is -0.134. The van der Waals surface area contributed by atoms with Gasteiger partial charge in [-0.1, -0.05) is 25.1 Å². The minimum atomic E-state index is 0.222. The Hall–Kier alpha value is -1.55. The summed E-state index contributed by atoms with van der Waals surface area (Å²) in [6.45, 7) is 5.46. The zero-order chi connectivity index (χ0) is 14.9. The highest BCUT2D eigenvalue weighted by molar-refractivity contribution is 5.76. The maximum atomic E-state index is 12.4. The summed E-state index contributed by atoms with van der Waals surface area (Å²) >= 11 is 0. The minimum Gasteiger partial charge on any atom is -0.493 e. The van der Waals surface area contributed by atoms with E-state index in [1.807, 2.05) is 30.3 Å². The van der Waals surface area contributed by atoms with E-state index in [1.165, 1.54) is 0 Å². The quantitative estimate of drug-likeness (QED) is 0.838. The molecule has 21 heavy (non-hydrogen) atoms. The van der Waals surface area contributed by atoms with Crippen LogP contribution in [0.2, 0.25) is 0 Å². The number of benzene rings is 1. The standard InChI is InChI=1S/C17H26N2O2/c1-2-13-19(15-8-11-18-12-9-15)17(20)10-14-21-16-6-4-3-5-7-16/h3-7,15,18H,2,8-14H2,1H3. The SMILES string of the molecule is CCCN(C(=O)CCOc1ccccc1)C1CCNCC1. The van der Waals surface area contributed by atoms with Gasteiger partial charge in [0.15, 0.2) is 0 Å². The number of hydrogen-bond donors (Lipinski definition) is 1. The molecule has 0 aromatic heterocycles. The summed E-state index contributed by atoms with van der Waals surface area (Å²) in [4.78, 5) is 14.5. The molecular weight excluding hydrogens is 264 g/mol. The monoisotopic (exact) mass is 290 g/mol. The average molecular weight is 290 g/mol. The molecular formula is C17H26N2O2. The molecule has 1 heterocycles. The molecule has 1 fully saturated rings. The number of ether oxygens (including phenoxy) is 1. The number of rotatable bonds is 7. The van der Waals surface area contributed by atoms with Gasteiger partial charge in [0.25, 0.3) is 0 Å². The van der Waals surface area contributed by atoms with Crippen LogP contribution < -0.4 is 10.1 Å². The fourth-order valence-electron chi connectivity index (χ4n) is 2.79. The van der Waals surface area contributed by atoms with Crippen molar-refractivity contribution in [2.75, 3.05) is 26.2 Å². The van der Waals surface area contributed by atoms with Gasteiger partial charge >= 0.3 is 0 Å². The number of carbonyl (C=O) groups is 1. The van der Waals surface area contributed by atoms with Gasteiger partial charge in [-0.3, -0.25) is 4.79 Å². The molecule has 4 heteroatoms. The summed E-state index contributed by atoms with van der Waals surface area (Å²) < 4.78 is 5.63. The third kappa shape index (κ3) is 5.05. The van der Waals surface area contributed by atoms with Gasteiger partial charge in [0.1, 0.15) is 5.75 Å². The van der Waals surface area contributed by atoms with Gasteiger partial charge in [0.05, 0.1) is 13.0 Å². The molecule has 1 N–H and O–H groups in total. The van der Waals surface area contributed by atoms with E-state index in [0.717, 1.165) is 44.6 Å². The first-order chi connectivity index (χ1) is 10.3.